The van der Waals surface area contributed by atoms with E-state index in [1.54, 1.807) is 0 Å². The van der Waals surface area contributed by atoms with Crippen molar-refractivity contribution in [2.75, 3.05) is 0 Å². The largest absolute Gasteiger partial charge is 0.205 e. The lowest BCUT2D eigenvalue weighted by Gasteiger charge is -2.03. The summed E-state index contributed by atoms with van der Waals surface area (Å²) in [5.41, 5.74) is 3.01. The van der Waals surface area contributed by atoms with Gasteiger partial charge in [-0.05, 0) is 49.7 Å². The number of hydrogen-bond donors (Lipinski definition) is 0. The van der Waals surface area contributed by atoms with Crippen LogP contribution in [0, 0.1) is 0 Å². The first-order chi connectivity index (χ1) is 19.8. The van der Waals surface area contributed by atoms with Crippen molar-refractivity contribution in [1.29, 1.82) is 0 Å². The zero-order chi connectivity index (χ0) is 29.5. The summed E-state index contributed by atoms with van der Waals surface area (Å²) in [6.07, 6.45) is 36.3. The smallest absolute Gasteiger partial charge is 0.169 e. The number of pyridine rings is 2. The summed E-state index contributed by atoms with van der Waals surface area (Å²) < 4.78 is 4.74. The Labute approximate surface area is 252 Å². The van der Waals surface area contributed by atoms with E-state index in [4.69, 9.17) is 0 Å². The monoisotopic (exact) mass is 555 g/mol. The van der Waals surface area contributed by atoms with Gasteiger partial charge in [-0.1, -0.05) is 119 Å². The maximum absolute atomic E-state index is 2.37. The number of hydrogen-bond acceptors (Lipinski definition) is 0. The SMILES string of the molecule is CC.CC.CCCCCCc1cc[n+](CCCCCCCCCCCC[n+]2ccc(CCCCCC)cc2)cc1. The van der Waals surface area contributed by atoms with Gasteiger partial charge in [-0.15, -0.1) is 0 Å². The quantitative estimate of drug-likeness (QED) is 0.0953. The van der Waals surface area contributed by atoms with Gasteiger partial charge in [0.15, 0.2) is 24.8 Å². The first-order valence-electron chi connectivity index (χ1n) is 17.8. The van der Waals surface area contributed by atoms with Gasteiger partial charge in [0, 0.05) is 37.1 Å². The molecule has 2 aromatic rings. The average Bonchev–Trinajstić information content (AvgIpc) is 3.01. The van der Waals surface area contributed by atoms with Gasteiger partial charge in [-0.2, -0.15) is 0 Å². The van der Waals surface area contributed by atoms with E-state index < -0.39 is 0 Å². The minimum atomic E-state index is 1.18. The fourth-order valence-electron chi connectivity index (χ4n) is 5.12. The van der Waals surface area contributed by atoms with Crippen LogP contribution in [-0.2, 0) is 25.9 Å². The van der Waals surface area contributed by atoms with Crippen LogP contribution < -0.4 is 9.13 Å². The molecule has 0 unspecified atom stereocenters. The Morgan fingerprint density at radius 3 is 0.950 bits per heavy atom. The molecule has 0 spiro atoms. The molecular formula is C38H70N2+2. The predicted octanol–water partition coefficient (Wildman–Crippen LogP) is 11.2. The van der Waals surface area contributed by atoms with E-state index in [9.17, 15) is 0 Å². The lowest BCUT2D eigenvalue weighted by atomic mass is 10.1. The van der Waals surface area contributed by atoms with Crippen molar-refractivity contribution in [1.82, 2.24) is 0 Å². The second kappa shape index (κ2) is 30.3. The van der Waals surface area contributed by atoms with Crippen molar-refractivity contribution in [2.45, 2.75) is 183 Å². The van der Waals surface area contributed by atoms with Gasteiger partial charge in [0.05, 0.1) is 0 Å². The minimum absolute atomic E-state index is 1.18. The summed E-state index contributed by atoms with van der Waals surface area (Å²) in [6.45, 7) is 14.9. The fraction of sp³-hybridized carbons (Fsp3) is 0.737. The van der Waals surface area contributed by atoms with Gasteiger partial charge >= 0.3 is 0 Å². The molecular weight excluding hydrogens is 484 g/mol. The minimum Gasteiger partial charge on any atom is -0.205 e. The molecule has 0 aliphatic carbocycles. The van der Waals surface area contributed by atoms with Gasteiger partial charge in [0.2, 0.25) is 0 Å². The summed E-state index contributed by atoms with van der Waals surface area (Å²) in [5.74, 6) is 0. The zero-order valence-electron chi connectivity index (χ0n) is 28.1. The van der Waals surface area contributed by atoms with Gasteiger partial charge in [-0.3, -0.25) is 0 Å². The molecule has 2 aromatic heterocycles. The molecule has 0 fully saturated rings. The van der Waals surface area contributed by atoms with Gasteiger partial charge in [0.1, 0.15) is 13.1 Å². The van der Waals surface area contributed by atoms with Gasteiger partial charge in [-0.25, -0.2) is 9.13 Å². The number of rotatable bonds is 23. The highest BCUT2D eigenvalue weighted by atomic mass is 14.9. The van der Waals surface area contributed by atoms with Crippen LogP contribution in [0.5, 0.6) is 0 Å². The van der Waals surface area contributed by atoms with Crippen molar-refractivity contribution in [3.63, 3.8) is 0 Å². The second-order valence-electron chi connectivity index (χ2n) is 11.0. The van der Waals surface area contributed by atoms with Crippen LogP contribution in [0.1, 0.15) is 168 Å². The van der Waals surface area contributed by atoms with Crippen molar-refractivity contribution in [3.05, 3.63) is 60.2 Å². The zero-order valence-corrected chi connectivity index (χ0v) is 28.1. The van der Waals surface area contributed by atoms with Gasteiger partial charge < -0.3 is 0 Å². The van der Waals surface area contributed by atoms with Crippen LogP contribution in [0.25, 0.3) is 0 Å². The molecule has 2 rings (SSSR count). The van der Waals surface area contributed by atoms with Crippen LogP contribution in [-0.4, -0.2) is 0 Å². The Morgan fingerprint density at radius 1 is 0.375 bits per heavy atom. The van der Waals surface area contributed by atoms with Crippen molar-refractivity contribution < 1.29 is 9.13 Å². The summed E-state index contributed by atoms with van der Waals surface area (Å²) in [4.78, 5) is 0. The van der Waals surface area contributed by atoms with Crippen molar-refractivity contribution in [2.24, 2.45) is 0 Å². The van der Waals surface area contributed by atoms with E-state index in [-0.39, 0.29) is 0 Å². The topological polar surface area (TPSA) is 7.76 Å². The van der Waals surface area contributed by atoms with E-state index >= 15 is 0 Å². The van der Waals surface area contributed by atoms with Gasteiger partial charge in [0.25, 0.3) is 0 Å². The third-order valence-electron chi connectivity index (χ3n) is 7.64. The van der Waals surface area contributed by atoms with Crippen LogP contribution in [0.4, 0.5) is 0 Å². The molecule has 0 aliphatic rings. The molecule has 230 valence electrons. The molecule has 2 heterocycles. The van der Waals surface area contributed by atoms with E-state index in [0.717, 1.165) is 0 Å². The molecule has 2 nitrogen and oxygen atoms in total. The molecule has 0 aromatic carbocycles. The molecule has 2 heteroatoms. The standard InChI is InChI=1S/C34H58N2.2C2H6/c1-3-5-7-17-21-33-23-29-35(30-24-33)27-19-15-13-11-9-10-12-14-16-20-28-36-31-25-34(26-32-36)22-18-8-6-4-2;2*1-2/h23-26,29-32H,3-22,27-28H2,1-2H3;2*1-2H3/q+2;;. The molecule has 0 N–H and O–H groups in total. The van der Waals surface area contributed by atoms with Crippen LogP contribution in [0.2, 0.25) is 0 Å². The molecule has 0 aliphatic heterocycles. The van der Waals surface area contributed by atoms with Crippen LogP contribution in [0.15, 0.2) is 49.1 Å². The Bertz CT molecular complexity index is 670. The van der Waals surface area contributed by atoms with E-state index in [0.29, 0.717) is 0 Å². The molecule has 40 heavy (non-hydrogen) atoms. The molecule has 0 radical (unpaired) electrons. The normalized spacial score (nSPS) is 10.4. The fourth-order valence-corrected chi connectivity index (χ4v) is 5.12. The highest BCUT2D eigenvalue weighted by molar-refractivity contribution is 5.07. The summed E-state index contributed by atoms with van der Waals surface area (Å²) in [5, 5.41) is 0. The molecule has 0 saturated carbocycles. The third kappa shape index (κ3) is 22.0. The van der Waals surface area contributed by atoms with Crippen molar-refractivity contribution in [3.8, 4) is 0 Å². The molecule has 0 amide bonds. The molecule has 0 bridgehead atoms. The number of aryl methyl sites for hydroxylation is 4. The second-order valence-corrected chi connectivity index (χ2v) is 11.0. The third-order valence-corrected chi connectivity index (χ3v) is 7.64. The van der Waals surface area contributed by atoms with Crippen LogP contribution in [0.3, 0.4) is 0 Å². The first-order valence-corrected chi connectivity index (χ1v) is 17.8. The Morgan fingerprint density at radius 2 is 0.650 bits per heavy atom. The summed E-state index contributed by atoms with van der Waals surface area (Å²) in [6, 6.07) is 9.32. The van der Waals surface area contributed by atoms with E-state index in [1.807, 2.05) is 27.7 Å². The highest BCUT2D eigenvalue weighted by Gasteiger charge is 2.03. The highest BCUT2D eigenvalue weighted by Crippen LogP contribution is 2.11. The molecule has 0 atom stereocenters. The van der Waals surface area contributed by atoms with E-state index in [2.05, 4.69) is 72.0 Å². The Kier molecular flexibility index (Phi) is 29.0. The number of nitrogens with zero attached hydrogens (tertiary/aromatic N) is 2. The Balaban J connectivity index is 0.00000363. The Hall–Kier alpha value is -1.70. The molecule has 0 saturated heterocycles. The van der Waals surface area contributed by atoms with Crippen molar-refractivity contribution >= 4 is 0 Å². The lowest BCUT2D eigenvalue weighted by Crippen LogP contribution is -2.32. The lowest BCUT2D eigenvalue weighted by molar-refractivity contribution is -0.697. The first kappa shape index (κ1) is 38.3. The maximum Gasteiger partial charge on any atom is 0.169 e. The predicted molar refractivity (Wildman–Crippen MR) is 178 cm³/mol. The summed E-state index contributed by atoms with van der Waals surface area (Å²) >= 11 is 0. The number of aromatic nitrogens is 2. The summed E-state index contributed by atoms with van der Waals surface area (Å²) in [7, 11) is 0. The van der Waals surface area contributed by atoms with E-state index in [1.165, 1.54) is 153 Å². The van der Waals surface area contributed by atoms with Crippen LogP contribution >= 0.6 is 0 Å². The maximum atomic E-state index is 2.37. The average molecular weight is 555 g/mol. The number of unbranched alkanes of at least 4 members (excludes halogenated alkanes) is 15.